The van der Waals surface area contributed by atoms with Crippen molar-refractivity contribution in [3.8, 4) is 0 Å². The fourth-order valence-electron chi connectivity index (χ4n) is 2.66. The monoisotopic (exact) mass is 281 g/mol. The van der Waals surface area contributed by atoms with Gasteiger partial charge in [0.05, 0.1) is 19.3 Å². The van der Waals surface area contributed by atoms with Crippen LogP contribution in [0.3, 0.4) is 0 Å². The van der Waals surface area contributed by atoms with Gasteiger partial charge in [-0.05, 0) is 33.3 Å². The fourth-order valence-corrected chi connectivity index (χ4v) is 3.60. The number of ketones is 1. The van der Waals surface area contributed by atoms with Gasteiger partial charge in [-0.15, -0.1) is 11.3 Å². The Kier molecular flexibility index (Phi) is 4.76. The van der Waals surface area contributed by atoms with Gasteiger partial charge in [-0.25, -0.2) is 0 Å². The number of Topliss-reactive ketones (excluding diaryl/α,β-unsaturated/α-hetero) is 1. The Bertz CT molecular complexity index is 455. The van der Waals surface area contributed by atoms with Crippen LogP contribution in [0.4, 0.5) is 0 Å². The molecule has 1 aliphatic rings. The molecule has 106 valence electrons. The highest BCUT2D eigenvalue weighted by Crippen LogP contribution is 2.22. The summed E-state index contributed by atoms with van der Waals surface area (Å²) in [6.07, 6.45) is 1.25. The van der Waals surface area contributed by atoms with E-state index in [9.17, 15) is 4.79 Å². The number of carbonyl (C=O) groups excluding carboxylic acids is 1. The van der Waals surface area contributed by atoms with Crippen molar-refractivity contribution < 1.29 is 9.53 Å². The van der Waals surface area contributed by atoms with Gasteiger partial charge >= 0.3 is 0 Å². The van der Waals surface area contributed by atoms with Crippen molar-refractivity contribution >= 4 is 17.1 Å². The molecule has 1 aromatic rings. The van der Waals surface area contributed by atoms with Crippen LogP contribution in [-0.2, 0) is 4.74 Å². The normalized spacial score (nSPS) is 24.6. The molecule has 2 unspecified atom stereocenters. The maximum atomic E-state index is 12.4. The first-order valence-corrected chi connectivity index (χ1v) is 7.78. The first-order chi connectivity index (χ1) is 9.01. The Labute approximate surface area is 119 Å². The van der Waals surface area contributed by atoms with E-state index in [1.165, 1.54) is 4.88 Å². The van der Waals surface area contributed by atoms with Crippen LogP contribution in [0.1, 0.15) is 40.4 Å². The maximum Gasteiger partial charge on any atom is 0.177 e. The van der Waals surface area contributed by atoms with E-state index in [4.69, 9.17) is 4.74 Å². The topological polar surface area (TPSA) is 29.5 Å². The standard InChI is InChI=1S/C15H23NO2S/c1-5-13-9-18-10(2)7-16(13)8-15(17)14-6-11(3)19-12(14)4/h6,10,13H,5,7-9H2,1-4H3. The van der Waals surface area contributed by atoms with Crippen LogP contribution in [0, 0.1) is 13.8 Å². The average Bonchev–Trinajstić information content (AvgIpc) is 2.69. The third kappa shape index (κ3) is 3.44. The van der Waals surface area contributed by atoms with E-state index in [-0.39, 0.29) is 11.9 Å². The van der Waals surface area contributed by atoms with Crippen LogP contribution in [0.25, 0.3) is 0 Å². The van der Waals surface area contributed by atoms with Crippen molar-refractivity contribution in [3.63, 3.8) is 0 Å². The molecule has 0 radical (unpaired) electrons. The summed E-state index contributed by atoms with van der Waals surface area (Å²) in [4.78, 5) is 17.1. The first kappa shape index (κ1) is 14.7. The minimum absolute atomic E-state index is 0.223. The van der Waals surface area contributed by atoms with Crippen LogP contribution < -0.4 is 0 Å². The lowest BCUT2D eigenvalue weighted by atomic mass is 10.1. The van der Waals surface area contributed by atoms with Crippen molar-refractivity contribution in [3.05, 3.63) is 21.4 Å². The Morgan fingerprint density at radius 1 is 1.53 bits per heavy atom. The summed E-state index contributed by atoms with van der Waals surface area (Å²) < 4.78 is 5.68. The van der Waals surface area contributed by atoms with E-state index >= 15 is 0 Å². The molecule has 1 fully saturated rings. The summed E-state index contributed by atoms with van der Waals surface area (Å²) in [7, 11) is 0. The molecule has 1 aromatic heterocycles. The highest BCUT2D eigenvalue weighted by Gasteiger charge is 2.27. The molecule has 1 saturated heterocycles. The van der Waals surface area contributed by atoms with E-state index in [0.29, 0.717) is 12.6 Å². The molecular weight excluding hydrogens is 258 g/mol. The number of nitrogens with zero attached hydrogens (tertiary/aromatic N) is 1. The largest absolute Gasteiger partial charge is 0.376 e. The highest BCUT2D eigenvalue weighted by molar-refractivity contribution is 7.12. The van der Waals surface area contributed by atoms with Gasteiger partial charge in [0.15, 0.2) is 5.78 Å². The fraction of sp³-hybridized carbons (Fsp3) is 0.667. The minimum Gasteiger partial charge on any atom is -0.376 e. The molecule has 19 heavy (non-hydrogen) atoms. The Balaban J connectivity index is 2.06. The van der Waals surface area contributed by atoms with Gasteiger partial charge in [0.2, 0.25) is 0 Å². The van der Waals surface area contributed by atoms with Crippen molar-refractivity contribution in [1.82, 2.24) is 4.90 Å². The summed E-state index contributed by atoms with van der Waals surface area (Å²) in [6, 6.07) is 2.40. The van der Waals surface area contributed by atoms with Gasteiger partial charge in [-0.3, -0.25) is 9.69 Å². The number of carbonyl (C=O) groups is 1. The van der Waals surface area contributed by atoms with Gasteiger partial charge < -0.3 is 4.74 Å². The SMILES string of the molecule is CCC1COC(C)CN1CC(=O)c1cc(C)sc1C. The molecule has 0 amide bonds. The van der Waals surface area contributed by atoms with Crippen LogP contribution in [-0.4, -0.2) is 42.5 Å². The quantitative estimate of drug-likeness (QED) is 0.794. The molecule has 3 nitrogen and oxygen atoms in total. The predicted molar refractivity (Wildman–Crippen MR) is 79.2 cm³/mol. The van der Waals surface area contributed by atoms with Crippen LogP contribution >= 0.6 is 11.3 Å². The van der Waals surface area contributed by atoms with Crippen LogP contribution in [0.5, 0.6) is 0 Å². The van der Waals surface area contributed by atoms with Crippen molar-refractivity contribution in [2.24, 2.45) is 0 Å². The van der Waals surface area contributed by atoms with E-state index in [1.807, 2.05) is 13.0 Å². The van der Waals surface area contributed by atoms with E-state index in [0.717, 1.165) is 30.0 Å². The minimum atomic E-state index is 0.223. The summed E-state index contributed by atoms with van der Waals surface area (Å²) in [5.74, 6) is 0.245. The molecule has 1 aliphatic heterocycles. The molecule has 2 rings (SSSR count). The van der Waals surface area contributed by atoms with E-state index in [1.54, 1.807) is 11.3 Å². The molecule has 2 heterocycles. The zero-order valence-electron chi connectivity index (χ0n) is 12.2. The molecule has 0 aromatic carbocycles. The Morgan fingerprint density at radius 2 is 2.26 bits per heavy atom. The lowest BCUT2D eigenvalue weighted by Gasteiger charge is -2.37. The number of thiophene rings is 1. The second-order valence-electron chi connectivity index (χ2n) is 5.39. The Morgan fingerprint density at radius 3 is 2.84 bits per heavy atom. The zero-order chi connectivity index (χ0) is 14.0. The molecule has 0 spiro atoms. The summed E-state index contributed by atoms with van der Waals surface area (Å²) in [5.41, 5.74) is 0.900. The van der Waals surface area contributed by atoms with Crippen molar-refractivity contribution in [1.29, 1.82) is 0 Å². The average molecular weight is 281 g/mol. The molecule has 2 atom stereocenters. The predicted octanol–water partition coefficient (Wildman–Crippen LogP) is 3.05. The lowest BCUT2D eigenvalue weighted by Crippen LogP contribution is -2.50. The first-order valence-electron chi connectivity index (χ1n) is 6.97. The molecular formula is C15H23NO2S. The van der Waals surface area contributed by atoms with Gasteiger partial charge in [-0.2, -0.15) is 0 Å². The number of aryl methyl sites for hydroxylation is 2. The molecule has 0 saturated carbocycles. The zero-order valence-corrected chi connectivity index (χ0v) is 13.0. The molecule has 0 aliphatic carbocycles. The molecule has 4 heteroatoms. The van der Waals surface area contributed by atoms with Crippen molar-refractivity contribution in [2.75, 3.05) is 19.7 Å². The highest BCUT2D eigenvalue weighted by atomic mass is 32.1. The van der Waals surface area contributed by atoms with Gasteiger partial charge in [-0.1, -0.05) is 6.92 Å². The van der Waals surface area contributed by atoms with Gasteiger partial charge in [0.1, 0.15) is 0 Å². The van der Waals surface area contributed by atoms with E-state index in [2.05, 4.69) is 25.7 Å². The molecule has 0 N–H and O–H groups in total. The second kappa shape index (κ2) is 6.16. The summed E-state index contributed by atoms with van der Waals surface area (Å²) >= 11 is 1.70. The molecule has 0 bridgehead atoms. The summed E-state index contributed by atoms with van der Waals surface area (Å²) in [5, 5.41) is 0. The number of hydrogen-bond donors (Lipinski definition) is 0. The number of rotatable bonds is 4. The summed E-state index contributed by atoms with van der Waals surface area (Å²) in [6.45, 7) is 10.4. The lowest BCUT2D eigenvalue weighted by molar-refractivity contribution is -0.0523. The number of morpholine rings is 1. The van der Waals surface area contributed by atoms with Gasteiger partial charge in [0, 0.05) is 27.9 Å². The van der Waals surface area contributed by atoms with Gasteiger partial charge in [0.25, 0.3) is 0 Å². The smallest absolute Gasteiger partial charge is 0.177 e. The number of ether oxygens (including phenoxy) is 1. The maximum absolute atomic E-state index is 12.4. The van der Waals surface area contributed by atoms with Crippen molar-refractivity contribution in [2.45, 2.75) is 46.3 Å². The number of hydrogen-bond acceptors (Lipinski definition) is 4. The third-order valence-electron chi connectivity index (χ3n) is 3.74. The second-order valence-corrected chi connectivity index (χ2v) is 6.85. The Hall–Kier alpha value is -0.710. The van der Waals surface area contributed by atoms with E-state index < -0.39 is 0 Å². The van der Waals surface area contributed by atoms with Crippen LogP contribution in [0.15, 0.2) is 6.07 Å². The third-order valence-corrected chi connectivity index (χ3v) is 4.71. The van der Waals surface area contributed by atoms with Crippen LogP contribution in [0.2, 0.25) is 0 Å².